The van der Waals surface area contributed by atoms with Gasteiger partial charge < -0.3 is 15.0 Å². The van der Waals surface area contributed by atoms with Crippen LogP contribution in [0.4, 0.5) is 15.8 Å². The van der Waals surface area contributed by atoms with Crippen molar-refractivity contribution < 1.29 is 13.9 Å². The summed E-state index contributed by atoms with van der Waals surface area (Å²) in [7, 11) is 0. The lowest BCUT2D eigenvalue weighted by Gasteiger charge is -2.30. The smallest absolute Gasteiger partial charge is 0.262 e. The molecule has 5 heteroatoms. The number of carbonyl (C=O) groups excluding carboxylic acids is 1. The minimum absolute atomic E-state index is 0.0805. The maximum absolute atomic E-state index is 13.5. The summed E-state index contributed by atoms with van der Waals surface area (Å²) in [6, 6.07) is 13.8. The van der Waals surface area contributed by atoms with E-state index in [9.17, 15) is 9.18 Å². The van der Waals surface area contributed by atoms with E-state index in [0.29, 0.717) is 0 Å². The zero-order valence-corrected chi connectivity index (χ0v) is 13.5. The average Bonchev–Trinajstić information content (AvgIpc) is 2.62. The Balaban J connectivity index is 1.63. The van der Waals surface area contributed by atoms with Gasteiger partial charge in [-0.1, -0.05) is 24.3 Å². The zero-order chi connectivity index (χ0) is 16.8. The molecule has 0 bridgehead atoms. The molecule has 24 heavy (non-hydrogen) atoms. The highest BCUT2D eigenvalue weighted by atomic mass is 19.1. The first-order valence-electron chi connectivity index (χ1n) is 8.25. The van der Waals surface area contributed by atoms with Gasteiger partial charge in [-0.25, -0.2) is 4.39 Å². The molecule has 126 valence electrons. The van der Waals surface area contributed by atoms with Gasteiger partial charge in [-0.3, -0.25) is 4.79 Å². The summed E-state index contributed by atoms with van der Waals surface area (Å²) in [4.78, 5) is 14.4. The average molecular weight is 328 g/mol. The molecule has 1 aliphatic rings. The Hall–Kier alpha value is -2.56. The lowest BCUT2D eigenvalue weighted by atomic mass is 10.1. The Kier molecular flexibility index (Phi) is 5.31. The molecule has 1 heterocycles. The van der Waals surface area contributed by atoms with Crippen molar-refractivity contribution in [1.82, 2.24) is 0 Å². The van der Waals surface area contributed by atoms with E-state index in [2.05, 4.69) is 10.2 Å². The predicted octanol–water partition coefficient (Wildman–Crippen LogP) is 3.83. The summed E-state index contributed by atoms with van der Waals surface area (Å²) in [6.07, 6.45) is 3.58. The Morgan fingerprint density at radius 3 is 2.54 bits per heavy atom. The highest BCUT2D eigenvalue weighted by Gasteiger charge is 2.15. The number of hydrogen-bond acceptors (Lipinski definition) is 3. The van der Waals surface area contributed by atoms with Crippen LogP contribution in [0.5, 0.6) is 5.75 Å². The van der Waals surface area contributed by atoms with E-state index in [1.165, 1.54) is 31.4 Å². The number of hydrogen-bond donors (Lipinski definition) is 1. The van der Waals surface area contributed by atoms with Crippen LogP contribution in [0.15, 0.2) is 48.5 Å². The first kappa shape index (κ1) is 16.3. The van der Waals surface area contributed by atoms with Gasteiger partial charge in [0, 0.05) is 13.1 Å². The van der Waals surface area contributed by atoms with Gasteiger partial charge >= 0.3 is 0 Å². The second-order valence-corrected chi connectivity index (χ2v) is 5.83. The van der Waals surface area contributed by atoms with Crippen LogP contribution in [-0.4, -0.2) is 25.6 Å². The van der Waals surface area contributed by atoms with Gasteiger partial charge in [-0.15, -0.1) is 0 Å². The Morgan fingerprint density at radius 2 is 1.75 bits per heavy atom. The van der Waals surface area contributed by atoms with Gasteiger partial charge in [-0.2, -0.15) is 0 Å². The van der Waals surface area contributed by atoms with Crippen molar-refractivity contribution in [3.63, 3.8) is 0 Å². The molecule has 3 rings (SSSR count). The number of piperidine rings is 1. The predicted molar refractivity (Wildman–Crippen MR) is 93.0 cm³/mol. The Morgan fingerprint density at radius 1 is 1.04 bits per heavy atom. The molecule has 0 unspecified atom stereocenters. The zero-order valence-electron chi connectivity index (χ0n) is 13.5. The molecule has 2 aromatic rings. The Labute approximate surface area is 141 Å². The monoisotopic (exact) mass is 328 g/mol. The maximum atomic E-state index is 13.5. The molecule has 1 saturated heterocycles. The molecule has 1 amide bonds. The molecule has 1 N–H and O–H groups in total. The molecule has 0 aromatic heterocycles. The fourth-order valence-corrected chi connectivity index (χ4v) is 2.88. The molecule has 0 atom stereocenters. The number of para-hydroxylation sites is 3. The minimum atomic E-state index is -0.473. The third-order valence-corrected chi connectivity index (χ3v) is 4.07. The summed E-state index contributed by atoms with van der Waals surface area (Å²) >= 11 is 0. The van der Waals surface area contributed by atoms with Crippen LogP contribution >= 0.6 is 0 Å². The number of rotatable bonds is 5. The van der Waals surface area contributed by atoms with E-state index >= 15 is 0 Å². The van der Waals surface area contributed by atoms with Gasteiger partial charge in [-0.05, 0) is 43.5 Å². The van der Waals surface area contributed by atoms with E-state index in [1.54, 1.807) is 12.1 Å². The second kappa shape index (κ2) is 7.81. The molecule has 4 nitrogen and oxygen atoms in total. The summed E-state index contributed by atoms with van der Waals surface area (Å²) < 4.78 is 18.8. The van der Waals surface area contributed by atoms with Crippen molar-refractivity contribution in [1.29, 1.82) is 0 Å². The number of halogens is 1. The van der Waals surface area contributed by atoms with Crippen LogP contribution in [0.2, 0.25) is 0 Å². The van der Waals surface area contributed by atoms with E-state index in [-0.39, 0.29) is 18.3 Å². The van der Waals surface area contributed by atoms with Crippen LogP contribution < -0.4 is 15.0 Å². The van der Waals surface area contributed by atoms with Crippen molar-refractivity contribution in [2.24, 2.45) is 0 Å². The number of ether oxygens (including phenoxy) is 1. The van der Waals surface area contributed by atoms with Crippen LogP contribution in [-0.2, 0) is 4.79 Å². The standard InChI is InChI=1S/C19H21FN2O2/c20-15-8-2-5-11-18(15)24-14-19(23)21-16-9-3-4-10-17(16)22-12-6-1-7-13-22/h2-5,8-11H,1,6-7,12-14H2,(H,21,23). The normalized spacial score (nSPS) is 14.3. The molecular weight excluding hydrogens is 307 g/mol. The quantitative estimate of drug-likeness (QED) is 0.907. The molecule has 2 aromatic carbocycles. The minimum Gasteiger partial charge on any atom is -0.481 e. The van der Waals surface area contributed by atoms with Crippen LogP contribution in [0.25, 0.3) is 0 Å². The highest BCUT2D eigenvalue weighted by Crippen LogP contribution is 2.28. The van der Waals surface area contributed by atoms with Crippen molar-refractivity contribution in [3.8, 4) is 5.75 Å². The lowest BCUT2D eigenvalue weighted by Crippen LogP contribution is -2.31. The molecular formula is C19H21FN2O2. The summed E-state index contributed by atoms with van der Waals surface area (Å²) in [5.41, 5.74) is 1.79. The number of amides is 1. The number of nitrogens with zero attached hydrogens (tertiary/aromatic N) is 1. The highest BCUT2D eigenvalue weighted by molar-refractivity contribution is 5.95. The number of benzene rings is 2. The first-order chi connectivity index (χ1) is 11.7. The van der Waals surface area contributed by atoms with E-state index in [4.69, 9.17) is 4.74 Å². The van der Waals surface area contributed by atoms with Gasteiger partial charge in [0.15, 0.2) is 18.2 Å². The van der Waals surface area contributed by atoms with E-state index in [0.717, 1.165) is 24.5 Å². The maximum Gasteiger partial charge on any atom is 0.262 e. The van der Waals surface area contributed by atoms with Crippen LogP contribution in [0.3, 0.4) is 0 Å². The molecule has 1 aliphatic heterocycles. The molecule has 0 radical (unpaired) electrons. The van der Waals surface area contributed by atoms with Crippen molar-refractivity contribution >= 4 is 17.3 Å². The fourth-order valence-electron chi connectivity index (χ4n) is 2.88. The van der Waals surface area contributed by atoms with Gasteiger partial charge in [0.25, 0.3) is 5.91 Å². The van der Waals surface area contributed by atoms with Crippen molar-refractivity contribution in [2.75, 3.05) is 29.9 Å². The fraction of sp³-hybridized carbons (Fsp3) is 0.316. The van der Waals surface area contributed by atoms with Crippen LogP contribution in [0, 0.1) is 5.82 Å². The third kappa shape index (κ3) is 4.04. The van der Waals surface area contributed by atoms with Crippen LogP contribution in [0.1, 0.15) is 19.3 Å². The molecule has 0 spiro atoms. The van der Waals surface area contributed by atoms with Gasteiger partial charge in [0.1, 0.15) is 0 Å². The first-order valence-corrected chi connectivity index (χ1v) is 8.25. The summed E-state index contributed by atoms with van der Waals surface area (Å²) in [6.45, 7) is 1.77. The molecule has 0 saturated carbocycles. The number of anilines is 2. The van der Waals surface area contributed by atoms with Gasteiger partial charge in [0.2, 0.25) is 0 Å². The topological polar surface area (TPSA) is 41.6 Å². The van der Waals surface area contributed by atoms with E-state index < -0.39 is 5.82 Å². The second-order valence-electron chi connectivity index (χ2n) is 5.83. The third-order valence-electron chi connectivity index (χ3n) is 4.07. The summed E-state index contributed by atoms with van der Waals surface area (Å²) in [5.74, 6) is -0.696. The number of carbonyl (C=O) groups is 1. The summed E-state index contributed by atoms with van der Waals surface area (Å²) in [5, 5.41) is 2.87. The Bertz CT molecular complexity index is 699. The molecule has 0 aliphatic carbocycles. The molecule has 1 fully saturated rings. The largest absolute Gasteiger partial charge is 0.481 e. The van der Waals surface area contributed by atoms with Crippen molar-refractivity contribution in [2.45, 2.75) is 19.3 Å². The van der Waals surface area contributed by atoms with E-state index in [1.807, 2.05) is 24.3 Å². The number of nitrogens with one attached hydrogen (secondary N) is 1. The van der Waals surface area contributed by atoms with Crippen molar-refractivity contribution in [3.05, 3.63) is 54.3 Å². The SMILES string of the molecule is O=C(COc1ccccc1F)Nc1ccccc1N1CCCCC1. The van der Waals surface area contributed by atoms with Gasteiger partial charge in [0.05, 0.1) is 11.4 Å². The lowest BCUT2D eigenvalue weighted by molar-refractivity contribution is -0.118.